The van der Waals surface area contributed by atoms with Crippen LogP contribution in [0.3, 0.4) is 0 Å². The van der Waals surface area contributed by atoms with Crippen molar-refractivity contribution in [2.75, 3.05) is 6.54 Å². The Morgan fingerprint density at radius 1 is 1.86 bits per heavy atom. The van der Waals surface area contributed by atoms with Crippen LogP contribution < -0.4 is 5.32 Å². The Morgan fingerprint density at radius 2 is 2.43 bits per heavy atom. The van der Waals surface area contributed by atoms with Gasteiger partial charge >= 0.3 is 0 Å². The quantitative estimate of drug-likeness (QED) is 0.524. The van der Waals surface area contributed by atoms with E-state index in [1.54, 1.807) is 0 Å². The lowest BCUT2D eigenvalue weighted by Crippen LogP contribution is -2.22. The Hall–Kier alpha value is -0.300. The number of rotatable bonds is 3. The van der Waals surface area contributed by atoms with Crippen molar-refractivity contribution in [3.63, 3.8) is 0 Å². The van der Waals surface area contributed by atoms with Crippen LogP contribution in [-0.2, 0) is 0 Å². The summed E-state index contributed by atoms with van der Waals surface area (Å²) in [5.74, 6) is 0. The van der Waals surface area contributed by atoms with Gasteiger partial charge in [0, 0.05) is 6.04 Å². The molecule has 0 radical (unpaired) electrons. The third kappa shape index (κ3) is 3.53. The molecule has 0 spiro atoms. The van der Waals surface area contributed by atoms with Crippen molar-refractivity contribution in [1.29, 1.82) is 0 Å². The zero-order chi connectivity index (χ0) is 5.70. The average Bonchev–Trinajstić information content (AvgIpc) is 1.68. The van der Waals surface area contributed by atoms with Crippen molar-refractivity contribution >= 4 is 0 Å². The van der Waals surface area contributed by atoms with E-state index in [2.05, 4.69) is 25.7 Å². The lowest BCUT2D eigenvalue weighted by atomic mass is 10.3. The molecule has 0 aliphatic heterocycles. The van der Waals surface area contributed by atoms with Gasteiger partial charge in [0.25, 0.3) is 0 Å². The molecule has 0 saturated heterocycles. The molecule has 1 atom stereocenters. The molecule has 0 heterocycles. The molecule has 0 aliphatic carbocycles. The Bertz CT molecular complexity index is 50.1. The van der Waals surface area contributed by atoms with E-state index >= 15 is 0 Å². The second-order valence-electron chi connectivity index (χ2n) is 1.58. The Balaban J connectivity index is 2.98. The van der Waals surface area contributed by atoms with Gasteiger partial charge in [-0.1, -0.05) is 13.0 Å². The second-order valence-corrected chi connectivity index (χ2v) is 1.58. The molecule has 0 aliphatic rings. The SMILES string of the molecule is C=C[C@@H](C)NCC. The molecule has 42 valence electrons. The molecule has 0 amide bonds. The van der Waals surface area contributed by atoms with Crippen LogP contribution in [0.5, 0.6) is 0 Å². The van der Waals surface area contributed by atoms with E-state index in [0.717, 1.165) is 6.54 Å². The van der Waals surface area contributed by atoms with Crippen LogP contribution in [0.2, 0.25) is 0 Å². The molecule has 1 N–H and O–H groups in total. The number of likely N-dealkylation sites (N-methyl/N-ethyl adjacent to an activating group) is 1. The van der Waals surface area contributed by atoms with E-state index < -0.39 is 0 Å². The molecule has 1 nitrogen and oxygen atoms in total. The molecule has 1 heteroatoms. The predicted octanol–water partition coefficient (Wildman–Crippen LogP) is 1.17. The zero-order valence-corrected chi connectivity index (χ0v) is 5.07. The summed E-state index contributed by atoms with van der Waals surface area (Å²) < 4.78 is 0. The van der Waals surface area contributed by atoms with E-state index in [-0.39, 0.29) is 0 Å². The van der Waals surface area contributed by atoms with Gasteiger partial charge in [0.2, 0.25) is 0 Å². The van der Waals surface area contributed by atoms with E-state index in [4.69, 9.17) is 0 Å². The van der Waals surface area contributed by atoms with Crippen molar-refractivity contribution in [2.24, 2.45) is 0 Å². The fourth-order valence-electron chi connectivity index (χ4n) is 0.405. The van der Waals surface area contributed by atoms with Crippen LogP contribution in [0.15, 0.2) is 12.7 Å². The van der Waals surface area contributed by atoms with E-state index in [9.17, 15) is 0 Å². The van der Waals surface area contributed by atoms with Crippen molar-refractivity contribution in [2.45, 2.75) is 19.9 Å². The van der Waals surface area contributed by atoms with E-state index in [0.29, 0.717) is 6.04 Å². The molecule has 0 rings (SSSR count). The maximum absolute atomic E-state index is 3.62. The third-order valence-electron chi connectivity index (χ3n) is 0.880. The fraction of sp³-hybridized carbons (Fsp3) is 0.667. The molecular formula is C6H13N. The molecule has 0 bridgehead atoms. The molecule has 0 saturated carbocycles. The fourth-order valence-corrected chi connectivity index (χ4v) is 0.405. The first-order valence-corrected chi connectivity index (χ1v) is 2.67. The summed E-state index contributed by atoms with van der Waals surface area (Å²) in [6.45, 7) is 8.80. The Labute approximate surface area is 45.4 Å². The van der Waals surface area contributed by atoms with Gasteiger partial charge in [-0.25, -0.2) is 0 Å². The zero-order valence-electron chi connectivity index (χ0n) is 5.07. The predicted molar refractivity (Wildman–Crippen MR) is 33.3 cm³/mol. The highest BCUT2D eigenvalue weighted by atomic mass is 14.9. The minimum Gasteiger partial charge on any atom is -0.311 e. The molecule has 0 unspecified atom stereocenters. The Kier molecular flexibility index (Phi) is 3.71. The van der Waals surface area contributed by atoms with Crippen LogP contribution >= 0.6 is 0 Å². The standard InChI is InChI=1S/C6H13N/c1-4-6(3)7-5-2/h4,6-7H,1,5H2,2-3H3/t6-/m1/s1. The van der Waals surface area contributed by atoms with Crippen LogP contribution in [0.4, 0.5) is 0 Å². The van der Waals surface area contributed by atoms with Crippen LogP contribution in [0.1, 0.15) is 13.8 Å². The van der Waals surface area contributed by atoms with Crippen LogP contribution in [0, 0.1) is 0 Å². The van der Waals surface area contributed by atoms with E-state index in [1.807, 2.05) is 6.08 Å². The molecule has 0 fully saturated rings. The molecule has 7 heavy (non-hydrogen) atoms. The summed E-state index contributed by atoms with van der Waals surface area (Å²) in [7, 11) is 0. The van der Waals surface area contributed by atoms with Gasteiger partial charge in [-0.3, -0.25) is 0 Å². The van der Waals surface area contributed by atoms with Gasteiger partial charge in [0.1, 0.15) is 0 Å². The lowest BCUT2D eigenvalue weighted by Gasteiger charge is -2.02. The normalized spacial score (nSPS) is 13.4. The highest BCUT2D eigenvalue weighted by Crippen LogP contribution is 1.77. The van der Waals surface area contributed by atoms with Gasteiger partial charge in [-0.15, -0.1) is 6.58 Å². The summed E-state index contributed by atoms with van der Waals surface area (Å²) in [6, 6.07) is 0.463. The van der Waals surface area contributed by atoms with Crippen molar-refractivity contribution < 1.29 is 0 Å². The van der Waals surface area contributed by atoms with Crippen LogP contribution in [-0.4, -0.2) is 12.6 Å². The number of hydrogen-bond donors (Lipinski definition) is 1. The second kappa shape index (κ2) is 3.88. The number of nitrogens with one attached hydrogen (secondary N) is 1. The van der Waals surface area contributed by atoms with Gasteiger partial charge in [-0.2, -0.15) is 0 Å². The number of hydrogen-bond acceptors (Lipinski definition) is 1. The summed E-state index contributed by atoms with van der Waals surface area (Å²) in [5.41, 5.74) is 0. The molecule has 0 aromatic rings. The largest absolute Gasteiger partial charge is 0.311 e. The van der Waals surface area contributed by atoms with Crippen molar-refractivity contribution in [3.05, 3.63) is 12.7 Å². The monoisotopic (exact) mass is 99.1 g/mol. The Morgan fingerprint density at radius 3 is 2.57 bits per heavy atom. The van der Waals surface area contributed by atoms with Crippen molar-refractivity contribution in [3.8, 4) is 0 Å². The minimum absolute atomic E-state index is 0.463. The lowest BCUT2D eigenvalue weighted by molar-refractivity contribution is 0.662. The first-order valence-electron chi connectivity index (χ1n) is 2.67. The minimum atomic E-state index is 0.463. The highest BCUT2D eigenvalue weighted by Gasteiger charge is 1.86. The van der Waals surface area contributed by atoms with Crippen LogP contribution in [0.25, 0.3) is 0 Å². The third-order valence-corrected chi connectivity index (χ3v) is 0.880. The topological polar surface area (TPSA) is 12.0 Å². The summed E-state index contributed by atoms with van der Waals surface area (Å²) in [4.78, 5) is 0. The van der Waals surface area contributed by atoms with Gasteiger partial charge < -0.3 is 5.32 Å². The maximum Gasteiger partial charge on any atom is 0.0218 e. The first kappa shape index (κ1) is 6.70. The van der Waals surface area contributed by atoms with Crippen molar-refractivity contribution in [1.82, 2.24) is 5.32 Å². The molecule has 0 aromatic heterocycles. The van der Waals surface area contributed by atoms with Gasteiger partial charge in [-0.05, 0) is 13.5 Å². The average molecular weight is 99.2 g/mol. The highest BCUT2D eigenvalue weighted by molar-refractivity contribution is 4.80. The summed E-state index contributed by atoms with van der Waals surface area (Å²) in [6.07, 6.45) is 1.89. The smallest absolute Gasteiger partial charge is 0.0218 e. The maximum atomic E-state index is 3.62. The molecule has 0 aromatic carbocycles. The first-order chi connectivity index (χ1) is 3.31. The molecular weight excluding hydrogens is 86.1 g/mol. The van der Waals surface area contributed by atoms with Gasteiger partial charge in [0.05, 0.1) is 0 Å². The van der Waals surface area contributed by atoms with E-state index in [1.165, 1.54) is 0 Å². The summed E-state index contributed by atoms with van der Waals surface area (Å²) >= 11 is 0. The van der Waals surface area contributed by atoms with Gasteiger partial charge in [0.15, 0.2) is 0 Å². The summed E-state index contributed by atoms with van der Waals surface area (Å²) in [5, 5.41) is 3.18.